The van der Waals surface area contributed by atoms with Crippen LogP contribution in [0.2, 0.25) is 0 Å². The van der Waals surface area contributed by atoms with Gasteiger partial charge in [-0.05, 0) is 5.56 Å². The van der Waals surface area contributed by atoms with Crippen LogP contribution < -0.4 is 0 Å². The fourth-order valence-electron chi connectivity index (χ4n) is 0.918. The number of hydrogen-bond donors (Lipinski definition) is 1. The predicted molar refractivity (Wildman–Crippen MR) is 42.4 cm³/mol. The molecule has 0 saturated carbocycles. The SMILES string of the molecule is N#C[C@@H](C(=O)O)c1ccccc1. The van der Waals surface area contributed by atoms with Crippen molar-refractivity contribution in [3.63, 3.8) is 0 Å². The van der Waals surface area contributed by atoms with E-state index in [4.69, 9.17) is 10.4 Å². The summed E-state index contributed by atoms with van der Waals surface area (Å²) in [5.74, 6) is -2.16. The Kier molecular flexibility index (Phi) is 2.44. The van der Waals surface area contributed by atoms with Crippen molar-refractivity contribution in [1.29, 1.82) is 5.26 Å². The fraction of sp³-hybridized carbons (Fsp3) is 0.111. The molecule has 0 aliphatic heterocycles. The number of nitriles is 1. The highest BCUT2D eigenvalue weighted by atomic mass is 16.4. The van der Waals surface area contributed by atoms with E-state index in [1.807, 2.05) is 0 Å². The number of hydrogen-bond acceptors (Lipinski definition) is 2. The number of rotatable bonds is 2. The van der Waals surface area contributed by atoms with E-state index in [-0.39, 0.29) is 0 Å². The Hall–Kier alpha value is -1.82. The van der Waals surface area contributed by atoms with Gasteiger partial charge >= 0.3 is 5.97 Å². The molecular formula is C9H7NO2. The van der Waals surface area contributed by atoms with Gasteiger partial charge in [0.1, 0.15) is 0 Å². The van der Waals surface area contributed by atoms with Gasteiger partial charge in [0, 0.05) is 0 Å². The molecule has 0 aliphatic carbocycles. The average molecular weight is 161 g/mol. The number of benzene rings is 1. The molecule has 0 heterocycles. The first-order valence-corrected chi connectivity index (χ1v) is 3.43. The highest BCUT2D eigenvalue weighted by Crippen LogP contribution is 2.13. The number of carboxylic acid groups (broad SMARTS) is 1. The van der Waals surface area contributed by atoms with E-state index >= 15 is 0 Å². The van der Waals surface area contributed by atoms with E-state index in [2.05, 4.69) is 0 Å². The first-order chi connectivity index (χ1) is 5.75. The van der Waals surface area contributed by atoms with Crippen LogP contribution in [0.4, 0.5) is 0 Å². The molecule has 0 fully saturated rings. The highest BCUT2D eigenvalue weighted by molar-refractivity contribution is 5.79. The Bertz CT molecular complexity index is 313. The van der Waals surface area contributed by atoms with E-state index < -0.39 is 11.9 Å². The molecule has 1 N–H and O–H groups in total. The van der Waals surface area contributed by atoms with Gasteiger partial charge in [-0.2, -0.15) is 5.26 Å². The van der Waals surface area contributed by atoms with Crippen molar-refractivity contribution in [3.05, 3.63) is 35.9 Å². The van der Waals surface area contributed by atoms with Gasteiger partial charge in [-0.1, -0.05) is 30.3 Å². The molecule has 60 valence electrons. The van der Waals surface area contributed by atoms with Crippen molar-refractivity contribution >= 4 is 5.97 Å². The zero-order chi connectivity index (χ0) is 8.97. The van der Waals surface area contributed by atoms with Gasteiger partial charge in [-0.25, -0.2) is 0 Å². The summed E-state index contributed by atoms with van der Waals surface area (Å²) in [6.45, 7) is 0. The van der Waals surface area contributed by atoms with Crippen LogP contribution in [0.25, 0.3) is 0 Å². The van der Waals surface area contributed by atoms with Crippen molar-refractivity contribution in [1.82, 2.24) is 0 Å². The van der Waals surface area contributed by atoms with E-state index in [0.29, 0.717) is 5.56 Å². The second-order valence-corrected chi connectivity index (χ2v) is 2.31. The molecule has 3 heteroatoms. The van der Waals surface area contributed by atoms with Crippen LogP contribution in [0.5, 0.6) is 0 Å². The Morgan fingerprint density at radius 2 is 2.00 bits per heavy atom. The average Bonchev–Trinajstić information content (AvgIpc) is 2.07. The summed E-state index contributed by atoms with van der Waals surface area (Å²) >= 11 is 0. The minimum atomic E-state index is -1.11. The maximum absolute atomic E-state index is 10.5. The van der Waals surface area contributed by atoms with E-state index in [9.17, 15) is 4.79 Å². The van der Waals surface area contributed by atoms with Crippen molar-refractivity contribution in [2.24, 2.45) is 0 Å². The molecule has 1 atom stereocenters. The highest BCUT2D eigenvalue weighted by Gasteiger charge is 2.17. The summed E-state index contributed by atoms with van der Waals surface area (Å²) in [7, 11) is 0. The van der Waals surface area contributed by atoms with Crippen molar-refractivity contribution in [2.45, 2.75) is 5.92 Å². The molecule has 0 amide bonds. The van der Waals surface area contributed by atoms with Gasteiger partial charge in [-0.3, -0.25) is 4.79 Å². The minimum Gasteiger partial charge on any atom is -0.480 e. The van der Waals surface area contributed by atoms with Gasteiger partial charge < -0.3 is 5.11 Å². The van der Waals surface area contributed by atoms with Crippen molar-refractivity contribution in [2.75, 3.05) is 0 Å². The van der Waals surface area contributed by atoms with Crippen molar-refractivity contribution in [3.8, 4) is 6.07 Å². The Morgan fingerprint density at radius 1 is 1.42 bits per heavy atom. The molecule has 1 aromatic rings. The third-order valence-corrected chi connectivity index (χ3v) is 1.51. The van der Waals surface area contributed by atoms with Crippen LogP contribution in [0.1, 0.15) is 11.5 Å². The third kappa shape index (κ3) is 1.61. The number of aliphatic carboxylic acids is 1. The fourth-order valence-corrected chi connectivity index (χ4v) is 0.918. The molecule has 0 bridgehead atoms. The minimum absolute atomic E-state index is 0.521. The monoisotopic (exact) mass is 161 g/mol. The lowest BCUT2D eigenvalue weighted by Crippen LogP contribution is -2.08. The van der Waals surface area contributed by atoms with E-state index in [1.165, 1.54) is 0 Å². The summed E-state index contributed by atoms with van der Waals surface area (Å²) in [6.07, 6.45) is 0. The summed E-state index contributed by atoms with van der Waals surface area (Å²) in [4.78, 5) is 10.5. The Balaban J connectivity index is 2.98. The summed E-state index contributed by atoms with van der Waals surface area (Å²) in [6, 6.07) is 10.2. The van der Waals surface area contributed by atoms with Gasteiger partial charge in [0.15, 0.2) is 5.92 Å². The van der Waals surface area contributed by atoms with Crippen LogP contribution in [0, 0.1) is 11.3 Å². The second kappa shape index (κ2) is 3.54. The normalized spacial score (nSPS) is 11.6. The number of nitrogens with zero attached hydrogens (tertiary/aromatic N) is 1. The Morgan fingerprint density at radius 3 is 2.42 bits per heavy atom. The standard InChI is InChI=1S/C9H7NO2/c10-6-8(9(11)12)7-4-2-1-3-5-7/h1-5,8H,(H,11,12)/t8-/m1/s1. The quantitative estimate of drug-likeness (QED) is 0.712. The Labute approximate surface area is 69.9 Å². The molecule has 1 aromatic carbocycles. The lowest BCUT2D eigenvalue weighted by molar-refractivity contribution is -0.137. The molecule has 0 saturated heterocycles. The van der Waals surface area contributed by atoms with Gasteiger partial charge in [0.25, 0.3) is 0 Å². The molecule has 12 heavy (non-hydrogen) atoms. The molecule has 0 radical (unpaired) electrons. The van der Waals surface area contributed by atoms with E-state index in [0.717, 1.165) is 0 Å². The molecule has 0 aromatic heterocycles. The molecule has 0 spiro atoms. The first-order valence-electron chi connectivity index (χ1n) is 3.43. The maximum atomic E-state index is 10.5. The molecule has 0 unspecified atom stereocenters. The van der Waals surface area contributed by atoms with Crippen LogP contribution in [0.15, 0.2) is 30.3 Å². The number of carbonyl (C=O) groups is 1. The topological polar surface area (TPSA) is 61.1 Å². The van der Waals surface area contributed by atoms with E-state index in [1.54, 1.807) is 36.4 Å². The first kappa shape index (κ1) is 8.28. The second-order valence-electron chi connectivity index (χ2n) is 2.31. The van der Waals surface area contributed by atoms with Crippen LogP contribution >= 0.6 is 0 Å². The molecule has 3 nitrogen and oxygen atoms in total. The third-order valence-electron chi connectivity index (χ3n) is 1.51. The van der Waals surface area contributed by atoms with Gasteiger partial charge in [0.2, 0.25) is 0 Å². The maximum Gasteiger partial charge on any atom is 0.325 e. The van der Waals surface area contributed by atoms with Crippen LogP contribution in [-0.4, -0.2) is 11.1 Å². The van der Waals surface area contributed by atoms with Gasteiger partial charge in [-0.15, -0.1) is 0 Å². The molecule has 0 aliphatic rings. The lowest BCUT2D eigenvalue weighted by Gasteiger charge is -2.01. The smallest absolute Gasteiger partial charge is 0.325 e. The summed E-state index contributed by atoms with van der Waals surface area (Å²) in [5, 5.41) is 17.1. The predicted octanol–water partition coefficient (Wildman–Crippen LogP) is 1.38. The van der Waals surface area contributed by atoms with Gasteiger partial charge in [0.05, 0.1) is 6.07 Å². The molecule has 1 rings (SSSR count). The van der Waals surface area contributed by atoms with Crippen LogP contribution in [-0.2, 0) is 4.79 Å². The largest absolute Gasteiger partial charge is 0.480 e. The van der Waals surface area contributed by atoms with Crippen LogP contribution in [0.3, 0.4) is 0 Å². The zero-order valence-corrected chi connectivity index (χ0v) is 6.27. The number of carboxylic acids is 1. The lowest BCUT2D eigenvalue weighted by atomic mass is 10.0. The summed E-state index contributed by atoms with van der Waals surface area (Å²) < 4.78 is 0. The van der Waals surface area contributed by atoms with Crippen molar-refractivity contribution < 1.29 is 9.90 Å². The molecular weight excluding hydrogens is 154 g/mol. The zero-order valence-electron chi connectivity index (χ0n) is 6.27. The summed E-state index contributed by atoms with van der Waals surface area (Å²) in [5.41, 5.74) is 0.521.